The summed E-state index contributed by atoms with van der Waals surface area (Å²) in [6.45, 7) is 4.85. The minimum atomic E-state index is -0.546. The van der Waals surface area contributed by atoms with Crippen LogP contribution in [0.2, 0.25) is 0 Å². The van der Waals surface area contributed by atoms with Crippen molar-refractivity contribution in [3.63, 3.8) is 0 Å². The molecular weight excluding hydrogens is 264 g/mol. The minimum absolute atomic E-state index is 0.546. The highest BCUT2D eigenvalue weighted by Crippen LogP contribution is 2.23. The SMILES string of the molecule is CCCOc1cccc(C(O)Cc2cc(CC)nn2C)c1. The molecule has 0 radical (unpaired) electrons. The van der Waals surface area contributed by atoms with E-state index in [1.165, 1.54) is 0 Å². The molecule has 0 aliphatic rings. The summed E-state index contributed by atoms with van der Waals surface area (Å²) >= 11 is 0. The normalized spacial score (nSPS) is 12.4. The van der Waals surface area contributed by atoms with Crippen molar-refractivity contribution in [1.29, 1.82) is 0 Å². The van der Waals surface area contributed by atoms with Gasteiger partial charge in [-0.25, -0.2) is 0 Å². The molecule has 0 saturated heterocycles. The van der Waals surface area contributed by atoms with Crippen molar-refractivity contribution in [3.8, 4) is 5.75 Å². The van der Waals surface area contributed by atoms with E-state index < -0.39 is 6.10 Å². The Balaban J connectivity index is 2.08. The average molecular weight is 288 g/mol. The summed E-state index contributed by atoms with van der Waals surface area (Å²) in [5.74, 6) is 0.813. The fraction of sp³-hybridized carbons (Fsp3) is 0.471. The van der Waals surface area contributed by atoms with Crippen molar-refractivity contribution in [1.82, 2.24) is 9.78 Å². The van der Waals surface area contributed by atoms with E-state index in [0.717, 1.165) is 35.5 Å². The highest BCUT2D eigenvalue weighted by atomic mass is 16.5. The Morgan fingerprint density at radius 1 is 1.29 bits per heavy atom. The van der Waals surface area contributed by atoms with Crippen molar-refractivity contribution in [3.05, 3.63) is 47.3 Å². The molecule has 114 valence electrons. The molecule has 1 aromatic carbocycles. The lowest BCUT2D eigenvalue weighted by molar-refractivity contribution is 0.175. The number of benzene rings is 1. The maximum atomic E-state index is 10.4. The maximum Gasteiger partial charge on any atom is 0.119 e. The van der Waals surface area contributed by atoms with Gasteiger partial charge in [0.25, 0.3) is 0 Å². The second kappa shape index (κ2) is 7.27. The fourth-order valence-corrected chi connectivity index (χ4v) is 2.28. The van der Waals surface area contributed by atoms with Crippen LogP contribution in [0.5, 0.6) is 5.75 Å². The molecule has 0 fully saturated rings. The summed E-state index contributed by atoms with van der Waals surface area (Å²) in [5.41, 5.74) is 2.97. The zero-order valence-corrected chi connectivity index (χ0v) is 13.0. The molecule has 2 aromatic rings. The Kier molecular flexibility index (Phi) is 5.39. The number of nitrogens with zero attached hydrogens (tertiary/aromatic N) is 2. The fourth-order valence-electron chi connectivity index (χ4n) is 2.28. The van der Waals surface area contributed by atoms with Gasteiger partial charge in [-0.3, -0.25) is 4.68 Å². The number of ether oxygens (including phenoxy) is 1. The summed E-state index contributed by atoms with van der Waals surface area (Å²) < 4.78 is 7.46. The van der Waals surface area contributed by atoms with E-state index in [1.54, 1.807) is 0 Å². The lowest BCUT2D eigenvalue weighted by Crippen LogP contribution is -2.06. The van der Waals surface area contributed by atoms with Gasteiger partial charge in [-0.15, -0.1) is 0 Å². The Morgan fingerprint density at radius 3 is 2.76 bits per heavy atom. The Hall–Kier alpha value is -1.81. The summed E-state index contributed by atoms with van der Waals surface area (Å²) in [5, 5.41) is 14.8. The van der Waals surface area contributed by atoms with Gasteiger partial charge in [-0.2, -0.15) is 5.10 Å². The monoisotopic (exact) mass is 288 g/mol. The third-order valence-electron chi connectivity index (χ3n) is 3.51. The van der Waals surface area contributed by atoms with Crippen molar-refractivity contribution in [2.45, 2.75) is 39.2 Å². The van der Waals surface area contributed by atoms with Crippen LogP contribution in [0.15, 0.2) is 30.3 Å². The van der Waals surface area contributed by atoms with E-state index in [1.807, 2.05) is 36.0 Å². The minimum Gasteiger partial charge on any atom is -0.494 e. The van der Waals surface area contributed by atoms with Gasteiger partial charge in [0.05, 0.1) is 18.4 Å². The molecule has 0 aliphatic carbocycles. The lowest BCUT2D eigenvalue weighted by Gasteiger charge is -2.13. The molecule has 1 heterocycles. The van der Waals surface area contributed by atoms with Crippen LogP contribution in [0.4, 0.5) is 0 Å². The van der Waals surface area contributed by atoms with Gasteiger partial charge in [-0.1, -0.05) is 26.0 Å². The largest absolute Gasteiger partial charge is 0.494 e. The predicted molar refractivity (Wildman–Crippen MR) is 83.5 cm³/mol. The number of aliphatic hydroxyl groups excluding tert-OH is 1. The molecular formula is C17H24N2O2. The molecule has 0 spiro atoms. The van der Waals surface area contributed by atoms with Crippen LogP contribution in [0.25, 0.3) is 0 Å². The standard InChI is InChI=1S/C17H24N2O2/c1-4-9-21-16-8-6-7-13(10-16)17(20)12-15-11-14(5-2)18-19(15)3/h6-8,10-11,17,20H,4-5,9,12H2,1-3H3. The number of rotatable bonds is 7. The van der Waals surface area contributed by atoms with Crippen molar-refractivity contribution in [2.75, 3.05) is 6.61 Å². The zero-order chi connectivity index (χ0) is 15.2. The summed E-state index contributed by atoms with van der Waals surface area (Å²) in [4.78, 5) is 0. The summed E-state index contributed by atoms with van der Waals surface area (Å²) in [6, 6.07) is 9.74. The predicted octanol–water partition coefficient (Wildman–Crippen LogP) is 3.05. The van der Waals surface area contributed by atoms with E-state index in [0.29, 0.717) is 13.0 Å². The van der Waals surface area contributed by atoms with Crippen LogP contribution >= 0.6 is 0 Å². The Morgan fingerprint density at radius 2 is 2.10 bits per heavy atom. The first-order valence-corrected chi connectivity index (χ1v) is 7.56. The van der Waals surface area contributed by atoms with Gasteiger partial charge in [0.2, 0.25) is 0 Å². The van der Waals surface area contributed by atoms with Crippen molar-refractivity contribution in [2.24, 2.45) is 7.05 Å². The quantitative estimate of drug-likeness (QED) is 0.852. The molecule has 0 aliphatic heterocycles. The first-order valence-electron chi connectivity index (χ1n) is 7.56. The van der Waals surface area contributed by atoms with Gasteiger partial charge >= 0.3 is 0 Å². The highest BCUT2D eigenvalue weighted by Gasteiger charge is 2.13. The molecule has 1 unspecified atom stereocenters. The second-order valence-electron chi connectivity index (χ2n) is 5.25. The van der Waals surface area contributed by atoms with Crippen LogP contribution < -0.4 is 4.74 Å². The van der Waals surface area contributed by atoms with Crippen molar-refractivity contribution < 1.29 is 9.84 Å². The number of hydrogen-bond acceptors (Lipinski definition) is 3. The van der Waals surface area contributed by atoms with Gasteiger partial charge < -0.3 is 9.84 Å². The molecule has 1 atom stereocenters. The van der Waals surface area contributed by atoms with Crippen LogP contribution in [-0.2, 0) is 19.9 Å². The van der Waals surface area contributed by atoms with Crippen LogP contribution in [0, 0.1) is 0 Å². The first-order chi connectivity index (χ1) is 10.1. The molecule has 2 rings (SSSR count). The average Bonchev–Trinajstić information content (AvgIpc) is 2.85. The molecule has 21 heavy (non-hydrogen) atoms. The molecule has 1 aromatic heterocycles. The van der Waals surface area contributed by atoms with E-state index in [-0.39, 0.29) is 0 Å². The molecule has 4 heteroatoms. The third kappa shape index (κ3) is 4.08. The first kappa shape index (κ1) is 15.6. The molecule has 1 N–H and O–H groups in total. The van der Waals surface area contributed by atoms with Gasteiger partial charge in [0.1, 0.15) is 5.75 Å². The third-order valence-corrected chi connectivity index (χ3v) is 3.51. The van der Waals surface area contributed by atoms with Crippen molar-refractivity contribution >= 4 is 0 Å². The van der Waals surface area contributed by atoms with E-state index in [9.17, 15) is 5.11 Å². The summed E-state index contributed by atoms with van der Waals surface area (Å²) in [7, 11) is 1.92. The van der Waals surface area contributed by atoms with Gasteiger partial charge in [-0.05, 0) is 36.6 Å². The molecule has 0 bridgehead atoms. The van der Waals surface area contributed by atoms with Crippen LogP contribution in [-0.4, -0.2) is 21.5 Å². The topological polar surface area (TPSA) is 47.3 Å². The lowest BCUT2D eigenvalue weighted by atomic mass is 10.0. The smallest absolute Gasteiger partial charge is 0.119 e. The molecule has 0 saturated carbocycles. The van der Waals surface area contributed by atoms with Gasteiger partial charge in [0, 0.05) is 19.2 Å². The van der Waals surface area contributed by atoms with E-state index >= 15 is 0 Å². The highest BCUT2D eigenvalue weighted by molar-refractivity contribution is 5.30. The van der Waals surface area contributed by atoms with Gasteiger partial charge in [0.15, 0.2) is 0 Å². The Bertz CT molecular complexity index is 578. The van der Waals surface area contributed by atoms with E-state index in [2.05, 4.69) is 25.0 Å². The number of hydrogen-bond donors (Lipinski definition) is 1. The number of aryl methyl sites for hydroxylation is 2. The maximum absolute atomic E-state index is 10.4. The zero-order valence-electron chi connectivity index (χ0n) is 13.0. The number of aliphatic hydroxyl groups is 1. The summed E-state index contributed by atoms with van der Waals surface area (Å²) in [6.07, 6.45) is 1.89. The van der Waals surface area contributed by atoms with Crippen LogP contribution in [0.3, 0.4) is 0 Å². The van der Waals surface area contributed by atoms with Crippen LogP contribution in [0.1, 0.15) is 43.3 Å². The number of aromatic nitrogens is 2. The second-order valence-corrected chi connectivity index (χ2v) is 5.25. The molecule has 0 amide bonds. The molecule has 4 nitrogen and oxygen atoms in total. The van der Waals surface area contributed by atoms with E-state index in [4.69, 9.17) is 4.74 Å². The Labute approximate surface area is 126 Å².